The number of nitrogens with one attached hydrogen (secondary N) is 1. The van der Waals surface area contributed by atoms with E-state index in [2.05, 4.69) is 95.7 Å². The summed E-state index contributed by atoms with van der Waals surface area (Å²) in [6.07, 6.45) is 1.24. The summed E-state index contributed by atoms with van der Waals surface area (Å²) >= 11 is 0. The minimum absolute atomic E-state index is 0.300. The van der Waals surface area contributed by atoms with Gasteiger partial charge in [0.2, 0.25) is 0 Å². The number of piperidine rings is 3. The van der Waals surface area contributed by atoms with Gasteiger partial charge in [0.25, 0.3) is 0 Å². The molecule has 3 heterocycles. The molecule has 0 spiro atoms. The maximum Gasteiger partial charge on any atom is 0.123 e. The van der Waals surface area contributed by atoms with Gasteiger partial charge in [-0.2, -0.15) is 0 Å². The first-order valence-corrected chi connectivity index (χ1v) is 14.7. The Balaban J connectivity index is 1.52. The highest BCUT2D eigenvalue weighted by Gasteiger charge is 2.50. The van der Waals surface area contributed by atoms with Gasteiger partial charge in [-0.25, -0.2) is 0 Å². The van der Waals surface area contributed by atoms with Gasteiger partial charge >= 0.3 is 0 Å². The van der Waals surface area contributed by atoms with E-state index < -0.39 is 0 Å². The van der Waals surface area contributed by atoms with Crippen molar-refractivity contribution < 1.29 is 9.47 Å². The number of benzene rings is 3. The summed E-state index contributed by atoms with van der Waals surface area (Å²) in [6.45, 7) is 11.1. The van der Waals surface area contributed by atoms with E-state index in [0.717, 1.165) is 36.7 Å². The van der Waals surface area contributed by atoms with Crippen LogP contribution < -0.4 is 14.8 Å². The van der Waals surface area contributed by atoms with E-state index in [9.17, 15) is 0 Å². The second kappa shape index (κ2) is 13.0. The Hall–Kier alpha value is -2.86. The minimum Gasteiger partial charge on any atom is -0.497 e. The van der Waals surface area contributed by atoms with Crippen LogP contribution in [0.4, 0.5) is 0 Å². The molecule has 3 saturated heterocycles. The number of nitrogens with zero attached hydrogens (tertiary/aromatic N) is 2. The molecule has 3 aliphatic rings. The largest absolute Gasteiger partial charge is 0.497 e. The van der Waals surface area contributed by atoms with Gasteiger partial charge < -0.3 is 19.7 Å². The summed E-state index contributed by atoms with van der Waals surface area (Å²) in [4.78, 5) is 5.41. The molecule has 3 aliphatic heterocycles. The minimum atomic E-state index is 0.300. The van der Waals surface area contributed by atoms with E-state index in [1.807, 2.05) is 12.1 Å². The van der Waals surface area contributed by atoms with Crippen molar-refractivity contribution in [3.63, 3.8) is 0 Å². The van der Waals surface area contributed by atoms with E-state index in [-0.39, 0.29) is 0 Å². The van der Waals surface area contributed by atoms with Crippen molar-refractivity contribution in [3.05, 3.63) is 95.6 Å². The monoisotopic (exact) mass is 527 g/mol. The van der Waals surface area contributed by atoms with Crippen molar-refractivity contribution in [2.24, 2.45) is 11.8 Å². The molecule has 5 atom stereocenters. The van der Waals surface area contributed by atoms with Crippen molar-refractivity contribution in [2.45, 2.75) is 44.8 Å². The van der Waals surface area contributed by atoms with Crippen LogP contribution in [0.5, 0.6) is 11.5 Å². The molecule has 0 amide bonds. The van der Waals surface area contributed by atoms with Crippen molar-refractivity contribution in [2.75, 3.05) is 46.9 Å². The van der Waals surface area contributed by atoms with Crippen LogP contribution in [0.2, 0.25) is 0 Å². The van der Waals surface area contributed by atoms with E-state index in [0.29, 0.717) is 29.8 Å². The molecule has 208 valence electrons. The van der Waals surface area contributed by atoms with Crippen LogP contribution >= 0.6 is 0 Å². The maximum absolute atomic E-state index is 5.75. The first kappa shape index (κ1) is 27.7. The summed E-state index contributed by atoms with van der Waals surface area (Å²) < 4.78 is 11.3. The molecule has 3 aromatic carbocycles. The zero-order valence-corrected chi connectivity index (χ0v) is 24.1. The summed E-state index contributed by atoms with van der Waals surface area (Å²) in [5, 5.41) is 4.11. The van der Waals surface area contributed by atoms with E-state index >= 15 is 0 Å². The lowest BCUT2D eigenvalue weighted by molar-refractivity contribution is -0.0464. The van der Waals surface area contributed by atoms with Gasteiger partial charge in [0, 0.05) is 43.2 Å². The Morgan fingerprint density at radius 2 is 1.56 bits per heavy atom. The first-order chi connectivity index (χ1) is 19.2. The average Bonchev–Trinajstić information content (AvgIpc) is 3.00. The van der Waals surface area contributed by atoms with Gasteiger partial charge in [-0.1, -0.05) is 74.5 Å². The summed E-state index contributed by atoms with van der Waals surface area (Å²) in [6, 6.07) is 29.1. The molecule has 5 heteroatoms. The predicted octanol–water partition coefficient (Wildman–Crippen LogP) is 5.66. The second-order valence-electron chi connectivity index (χ2n) is 11.1. The van der Waals surface area contributed by atoms with Crippen LogP contribution in [0.3, 0.4) is 0 Å². The van der Waals surface area contributed by atoms with Gasteiger partial charge in [0.05, 0.1) is 14.2 Å². The molecule has 2 bridgehead atoms. The van der Waals surface area contributed by atoms with E-state index in [1.165, 1.54) is 37.2 Å². The van der Waals surface area contributed by atoms with E-state index in [1.54, 1.807) is 14.2 Å². The highest BCUT2D eigenvalue weighted by atomic mass is 16.5. The lowest BCUT2D eigenvalue weighted by atomic mass is 9.66. The fourth-order valence-electron chi connectivity index (χ4n) is 7.15. The van der Waals surface area contributed by atoms with Gasteiger partial charge in [-0.3, -0.25) is 4.90 Å². The lowest BCUT2D eigenvalue weighted by Gasteiger charge is -2.58. The third-order valence-electron chi connectivity index (χ3n) is 9.14. The molecule has 0 radical (unpaired) electrons. The maximum atomic E-state index is 5.75. The van der Waals surface area contributed by atoms with Crippen molar-refractivity contribution in [1.82, 2.24) is 15.1 Å². The van der Waals surface area contributed by atoms with Crippen molar-refractivity contribution in [1.29, 1.82) is 0 Å². The first-order valence-electron chi connectivity index (χ1n) is 14.7. The Kier molecular flexibility index (Phi) is 9.23. The zero-order valence-electron chi connectivity index (χ0n) is 24.1. The van der Waals surface area contributed by atoms with Crippen molar-refractivity contribution >= 4 is 0 Å². The number of rotatable bonds is 12. The third kappa shape index (κ3) is 6.01. The van der Waals surface area contributed by atoms with Crippen molar-refractivity contribution in [3.8, 4) is 11.5 Å². The van der Waals surface area contributed by atoms with E-state index in [4.69, 9.17) is 9.47 Å². The molecular formula is C34H45N3O2. The number of methoxy groups -OCH3 is 2. The molecule has 39 heavy (non-hydrogen) atoms. The standard InChI is InChI=1S/C34H45N3O2/c1-5-36(6-2)23-28-24-37-20-19-30(28)33(35-22-27-21-29(38-3)17-18-31(27)39-4)34(37)32(25-13-9-7-10-14-25)26-15-11-8-12-16-26/h7-18,21,28,30,32-35H,5-6,19-20,22-24H2,1-4H3. The average molecular weight is 528 g/mol. The normalized spacial score (nSPS) is 24.3. The molecule has 5 nitrogen and oxygen atoms in total. The van der Waals surface area contributed by atoms with Crippen LogP contribution in [0.25, 0.3) is 0 Å². The molecule has 6 rings (SSSR count). The second-order valence-corrected chi connectivity index (χ2v) is 11.1. The molecule has 0 aliphatic carbocycles. The van der Waals surface area contributed by atoms with Gasteiger partial charge in [0.1, 0.15) is 11.5 Å². The number of fused-ring (bicyclic) bond motifs is 3. The quantitative estimate of drug-likeness (QED) is 0.329. The number of ether oxygens (including phenoxy) is 2. The molecule has 3 fully saturated rings. The van der Waals surface area contributed by atoms with Crippen LogP contribution in [0.15, 0.2) is 78.9 Å². The molecular weight excluding hydrogens is 482 g/mol. The van der Waals surface area contributed by atoms with Gasteiger partial charge in [-0.05, 0) is 67.2 Å². The topological polar surface area (TPSA) is 37.0 Å². The Labute approximate surface area is 235 Å². The van der Waals surface area contributed by atoms with Crippen LogP contribution in [0.1, 0.15) is 42.9 Å². The molecule has 3 aromatic rings. The zero-order chi connectivity index (χ0) is 27.2. The Morgan fingerprint density at radius 1 is 0.897 bits per heavy atom. The Bertz CT molecular complexity index is 1130. The SMILES string of the molecule is CCN(CC)CC1CN2CCC1C(NCc1cc(OC)ccc1OC)C2C(c1ccccc1)c1ccccc1. The van der Waals surface area contributed by atoms with Crippen LogP contribution in [0, 0.1) is 11.8 Å². The lowest BCUT2D eigenvalue weighted by Crippen LogP contribution is -2.68. The van der Waals surface area contributed by atoms with Gasteiger partial charge in [0.15, 0.2) is 0 Å². The molecule has 0 aromatic heterocycles. The smallest absolute Gasteiger partial charge is 0.123 e. The van der Waals surface area contributed by atoms with Crippen LogP contribution in [-0.2, 0) is 6.54 Å². The summed E-state index contributed by atoms with van der Waals surface area (Å²) in [7, 11) is 3.48. The molecule has 1 N–H and O–H groups in total. The number of hydrogen-bond donors (Lipinski definition) is 1. The molecule has 0 saturated carbocycles. The molecule has 5 unspecified atom stereocenters. The summed E-state index contributed by atoms with van der Waals surface area (Å²) in [5.74, 6) is 3.35. The highest BCUT2D eigenvalue weighted by Crippen LogP contribution is 2.44. The fourth-order valence-corrected chi connectivity index (χ4v) is 7.15. The highest BCUT2D eigenvalue weighted by molar-refractivity contribution is 5.41. The summed E-state index contributed by atoms with van der Waals surface area (Å²) in [5.41, 5.74) is 3.93. The third-order valence-corrected chi connectivity index (χ3v) is 9.14. The fraction of sp³-hybridized carbons (Fsp3) is 0.471. The number of hydrogen-bond acceptors (Lipinski definition) is 5. The van der Waals surface area contributed by atoms with Crippen LogP contribution in [-0.4, -0.2) is 68.8 Å². The van der Waals surface area contributed by atoms with Gasteiger partial charge in [-0.15, -0.1) is 0 Å². The Morgan fingerprint density at radius 3 is 2.15 bits per heavy atom. The predicted molar refractivity (Wildman–Crippen MR) is 160 cm³/mol.